The maximum Gasteiger partial charge on any atom is 0.234 e. The molecule has 2 heterocycles. The molecule has 0 aromatic carbocycles. The van der Waals surface area contributed by atoms with Crippen LogP contribution in [-0.4, -0.2) is 58.7 Å². The van der Waals surface area contributed by atoms with Gasteiger partial charge in [0.2, 0.25) is 5.91 Å². The number of hydrogen-bond acceptors (Lipinski definition) is 6. The van der Waals surface area contributed by atoms with Gasteiger partial charge in [0.25, 0.3) is 0 Å². The minimum absolute atomic E-state index is 0.133. The second kappa shape index (κ2) is 9.72. The van der Waals surface area contributed by atoms with Crippen LogP contribution < -0.4 is 10.6 Å². The summed E-state index contributed by atoms with van der Waals surface area (Å²) in [5.74, 6) is 1.98. The lowest BCUT2D eigenvalue weighted by Crippen LogP contribution is -2.44. The molecule has 1 amide bonds. The number of aromatic nitrogens is 2. The van der Waals surface area contributed by atoms with Gasteiger partial charge in [-0.25, -0.2) is 4.98 Å². The second-order valence-corrected chi connectivity index (χ2v) is 7.00. The molecule has 2 rings (SSSR count). The van der Waals surface area contributed by atoms with Crippen molar-refractivity contribution in [3.05, 3.63) is 12.4 Å². The van der Waals surface area contributed by atoms with Crippen molar-refractivity contribution in [3.63, 3.8) is 0 Å². The Morgan fingerprint density at radius 1 is 1.35 bits per heavy atom. The molecule has 6 nitrogen and oxygen atoms in total. The Kier molecular flexibility index (Phi) is 7.61. The average molecular weight is 337 g/mol. The SMILES string of the molecule is CCCNC(=O)CN1CCC(Nc2cncc(SCC)n2)CC1. The Hall–Kier alpha value is -1.34. The number of nitrogens with zero attached hydrogens (tertiary/aromatic N) is 3. The van der Waals surface area contributed by atoms with E-state index in [1.807, 2.05) is 0 Å². The van der Waals surface area contributed by atoms with Gasteiger partial charge in [0.15, 0.2) is 0 Å². The van der Waals surface area contributed by atoms with Crippen molar-refractivity contribution in [2.75, 3.05) is 37.2 Å². The molecular weight excluding hydrogens is 310 g/mol. The zero-order valence-corrected chi connectivity index (χ0v) is 14.9. The third-order valence-corrected chi connectivity index (χ3v) is 4.56. The number of rotatable bonds is 8. The number of amides is 1. The topological polar surface area (TPSA) is 70.2 Å². The Morgan fingerprint density at radius 2 is 2.13 bits per heavy atom. The predicted molar refractivity (Wildman–Crippen MR) is 94.8 cm³/mol. The number of thioether (sulfide) groups is 1. The van der Waals surface area contributed by atoms with Crippen molar-refractivity contribution in [1.82, 2.24) is 20.2 Å². The number of piperidine rings is 1. The number of hydrogen-bond donors (Lipinski definition) is 2. The van der Waals surface area contributed by atoms with Crippen molar-refractivity contribution in [2.24, 2.45) is 0 Å². The lowest BCUT2D eigenvalue weighted by Gasteiger charge is -2.32. The number of likely N-dealkylation sites (tertiary alicyclic amines) is 1. The van der Waals surface area contributed by atoms with E-state index in [-0.39, 0.29) is 5.91 Å². The lowest BCUT2D eigenvalue weighted by atomic mass is 10.1. The molecule has 0 spiro atoms. The highest BCUT2D eigenvalue weighted by atomic mass is 32.2. The van der Waals surface area contributed by atoms with Crippen LogP contribution in [0, 0.1) is 0 Å². The highest BCUT2D eigenvalue weighted by molar-refractivity contribution is 7.99. The minimum Gasteiger partial charge on any atom is -0.366 e. The third-order valence-electron chi connectivity index (χ3n) is 3.78. The first-order valence-electron chi connectivity index (χ1n) is 8.41. The summed E-state index contributed by atoms with van der Waals surface area (Å²) in [6.45, 7) is 7.33. The van der Waals surface area contributed by atoms with Gasteiger partial charge < -0.3 is 10.6 Å². The zero-order valence-electron chi connectivity index (χ0n) is 14.0. The van der Waals surface area contributed by atoms with Crippen molar-refractivity contribution in [2.45, 2.75) is 44.2 Å². The van der Waals surface area contributed by atoms with Gasteiger partial charge in [0, 0.05) is 25.7 Å². The average Bonchev–Trinajstić information content (AvgIpc) is 2.55. The Bertz CT molecular complexity index is 491. The molecule has 7 heteroatoms. The van der Waals surface area contributed by atoms with E-state index >= 15 is 0 Å². The number of carbonyl (C=O) groups is 1. The van der Waals surface area contributed by atoms with Crippen molar-refractivity contribution in [1.29, 1.82) is 0 Å². The summed E-state index contributed by atoms with van der Waals surface area (Å²) in [7, 11) is 0. The molecule has 0 atom stereocenters. The summed E-state index contributed by atoms with van der Waals surface area (Å²) in [5.41, 5.74) is 0. The summed E-state index contributed by atoms with van der Waals surface area (Å²) < 4.78 is 0. The van der Waals surface area contributed by atoms with Gasteiger partial charge in [-0.3, -0.25) is 14.7 Å². The quantitative estimate of drug-likeness (QED) is 0.707. The molecular formula is C16H27N5OS. The van der Waals surface area contributed by atoms with Crippen molar-refractivity contribution < 1.29 is 4.79 Å². The normalized spacial score (nSPS) is 16.3. The van der Waals surface area contributed by atoms with E-state index in [2.05, 4.69) is 39.3 Å². The van der Waals surface area contributed by atoms with E-state index in [1.54, 1.807) is 24.2 Å². The fraction of sp³-hybridized carbons (Fsp3) is 0.688. The molecule has 23 heavy (non-hydrogen) atoms. The summed E-state index contributed by atoms with van der Waals surface area (Å²) in [6, 6.07) is 0.404. The first-order valence-corrected chi connectivity index (χ1v) is 9.40. The smallest absolute Gasteiger partial charge is 0.234 e. The van der Waals surface area contributed by atoms with Gasteiger partial charge >= 0.3 is 0 Å². The predicted octanol–water partition coefficient (Wildman–Crippen LogP) is 1.99. The molecule has 2 N–H and O–H groups in total. The van der Waals surface area contributed by atoms with Crippen LogP contribution in [0.2, 0.25) is 0 Å². The Morgan fingerprint density at radius 3 is 2.83 bits per heavy atom. The molecule has 0 bridgehead atoms. The lowest BCUT2D eigenvalue weighted by molar-refractivity contribution is -0.122. The fourth-order valence-electron chi connectivity index (χ4n) is 2.60. The van der Waals surface area contributed by atoms with E-state index in [0.717, 1.165) is 55.5 Å². The Balaban J connectivity index is 1.74. The summed E-state index contributed by atoms with van der Waals surface area (Å²) in [4.78, 5) is 22.8. The largest absolute Gasteiger partial charge is 0.366 e. The van der Waals surface area contributed by atoms with Gasteiger partial charge in [-0.1, -0.05) is 13.8 Å². The van der Waals surface area contributed by atoms with Crippen LogP contribution in [0.1, 0.15) is 33.1 Å². The van der Waals surface area contributed by atoms with Crippen molar-refractivity contribution >= 4 is 23.5 Å². The fourth-order valence-corrected chi connectivity index (χ4v) is 3.20. The van der Waals surface area contributed by atoms with E-state index in [4.69, 9.17) is 0 Å². The monoisotopic (exact) mass is 337 g/mol. The first kappa shape index (κ1) is 18.0. The maximum atomic E-state index is 11.8. The Labute approximate surface area is 142 Å². The molecule has 1 saturated heterocycles. The van der Waals surface area contributed by atoms with Crippen molar-refractivity contribution in [3.8, 4) is 0 Å². The highest BCUT2D eigenvalue weighted by Gasteiger charge is 2.21. The van der Waals surface area contributed by atoms with Crippen LogP contribution in [-0.2, 0) is 4.79 Å². The van der Waals surface area contributed by atoms with Crippen LogP contribution in [0.25, 0.3) is 0 Å². The molecule has 0 saturated carbocycles. The van der Waals surface area contributed by atoms with E-state index < -0.39 is 0 Å². The molecule has 0 unspecified atom stereocenters. The van der Waals surface area contributed by atoms with E-state index in [0.29, 0.717) is 12.6 Å². The third kappa shape index (κ3) is 6.35. The van der Waals surface area contributed by atoms with E-state index in [1.165, 1.54) is 0 Å². The van der Waals surface area contributed by atoms with Gasteiger partial charge in [0.05, 0.1) is 18.9 Å². The molecule has 128 valence electrons. The molecule has 1 aliphatic heterocycles. The molecule has 0 aliphatic carbocycles. The van der Waals surface area contributed by atoms with Gasteiger partial charge in [-0.2, -0.15) is 0 Å². The highest BCUT2D eigenvalue weighted by Crippen LogP contribution is 2.18. The van der Waals surface area contributed by atoms with Gasteiger partial charge in [-0.05, 0) is 25.0 Å². The van der Waals surface area contributed by atoms with Gasteiger partial charge in [-0.15, -0.1) is 11.8 Å². The summed E-state index contributed by atoms with van der Waals surface area (Å²) in [5, 5.41) is 7.37. The standard InChI is InChI=1S/C16H27N5OS/c1-3-7-18-15(22)12-21-8-5-13(6-9-21)19-14-10-17-11-16(20-14)23-4-2/h10-11,13H,3-9,12H2,1-2H3,(H,18,22)(H,19,20). The van der Waals surface area contributed by atoms with Crippen LogP contribution in [0.15, 0.2) is 17.4 Å². The molecule has 0 radical (unpaired) electrons. The number of anilines is 1. The van der Waals surface area contributed by atoms with E-state index in [9.17, 15) is 4.79 Å². The maximum absolute atomic E-state index is 11.8. The summed E-state index contributed by atoms with van der Waals surface area (Å²) in [6.07, 6.45) is 6.61. The van der Waals surface area contributed by atoms with Crippen LogP contribution >= 0.6 is 11.8 Å². The zero-order chi connectivity index (χ0) is 16.5. The van der Waals surface area contributed by atoms with Crippen LogP contribution in [0.5, 0.6) is 0 Å². The first-order chi connectivity index (χ1) is 11.2. The van der Waals surface area contributed by atoms with Crippen LogP contribution in [0.3, 0.4) is 0 Å². The molecule has 1 fully saturated rings. The minimum atomic E-state index is 0.133. The second-order valence-electron chi connectivity index (χ2n) is 5.72. The molecule has 1 aliphatic rings. The molecule has 1 aromatic heterocycles. The number of carbonyl (C=O) groups excluding carboxylic acids is 1. The number of nitrogens with one attached hydrogen (secondary N) is 2. The van der Waals surface area contributed by atoms with Gasteiger partial charge in [0.1, 0.15) is 10.8 Å². The summed E-state index contributed by atoms with van der Waals surface area (Å²) >= 11 is 1.70. The van der Waals surface area contributed by atoms with Crippen LogP contribution in [0.4, 0.5) is 5.82 Å². The molecule has 1 aromatic rings.